The number of aromatic carboxylic acids is 1. The van der Waals surface area contributed by atoms with Gasteiger partial charge in [0.1, 0.15) is 6.61 Å². The summed E-state index contributed by atoms with van der Waals surface area (Å²) >= 11 is 0. The first-order chi connectivity index (χ1) is 9.61. The molecule has 1 atom stereocenters. The molecular formula is C15H17NO4. The van der Waals surface area contributed by atoms with Crippen molar-refractivity contribution >= 4 is 12.1 Å². The van der Waals surface area contributed by atoms with E-state index in [1.54, 1.807) is 12.1 Å². The number of fused-ring (bicyclic) bond motifs is 1. The number of hydrogen-bond acceptors (Lipinski definition) is 3. The van der Waals surface area contributed by atoms with Crippen molar-refractivity contribution in [3.05, 3.63) is 47.5 Å². The summed E-state index contributed by atoms with van der Waals surface area (Å²) in [5, 5.41) is 11.8. The summed E-state index contributed by atoms with van der Waals surface area (Å²) in [5.74, 6) is -0.966. The van der Waals surface area contributed by atoms with E-state index in [4.69, 9.17) is 9.84 Å². The molecule has 20 heavy (non-hydrogen) atoms. The molecular weight excluding hydrogens is 258 g/mol. The summed E-state index contributed by atoms with van der Waals surface area (Å²) < 4.78 is 4.90. The standard InChI is InChI=1S/C15H17NO4/c1-2-8-20-15(19)16-13-5-3-4-10-6-7-11(14(17)18)9-12(10)13/h2,6-7,9,13H,1,3-5,8H2,(H,16,19)(H,17,18). The van der Waals surface area contributed by atoms with Crippen LogP contribution in [0.25, 0.3) is 0 Å². The van der Waals surface area contributed by atoms with Gasteiger partial charge in [-0.3, -0.25) is 0 Å². The molecule has 2 N–H and O–H groups in total. The normalized spacial score (nSPS) is 16.9. The smallest absolute Gasteiger partial charge is 0.407 e. The predicted octanol–water partition coefficient (Wildman–Crippen LogP) is 2.67. The van der Waals surface area contributed by atoms with Gasteiger partial charge in [-0.1, -0.05) is 18.7 Å². The van der Waals surface area contributed by atoms with Gasteiger partial charge in [-0.2, -0.15) is 0 Å². The first-order valence-electron chi connectivity index (χ1n) is 6.52. The molecule has 0 aliphatic heterocycles. The first kappa shape index (κ1) is 14.1. The van der Waals surface area contributed by atoms with Crippen molar-refractivity contribution < 1.29 is 19.4 Å². The van der Waals surface area contributed by atoms with Gasteiger partial charge in [0, 0.05) is 0 Å². The van der Waals surface area contributed by atoms with E-state index in [0.29, 0.717) is 0 Å². The molecule has 5 nitrogen and oxygen atoms in total. The maximum atomic E-state index is 11.6. The molecule has 1 aliphatic carbocycles. The number of rotatable bonds is 4. The fourth-order valence-corrected chi connectivity index (χ4v) is 2.40. The molecule has 0 saturated heterocycles. The quantitative estimate of drug-likeness (QED) is 0.828. The molecule has 0 heterocycles. The molecule has 2 rings (SSSR count). The van der Waals surface area contributed by atoms with E-state index in [1.165, 1.54) is 6.08 Å². The number of carbonyl (C=O) groups excluding carboxylic acids is 1. The van der Waals surface area contributed by atoms with Crippen LogP contribution in [0.2, 0.25) is 0 Å². The number of amides is 1. The van der Waals surface area contributed by atoms with E-state index in [-0.39, 0.29) is 18.2 Å². The third-order valence-electron chi connectivity index (χ3n) is 3.33. The molecule has 0 radical (unpaired) electrons. The average Bonchev–Trinajstić information content (AvgIpc) is 2.45. The number of hydrogen-bond donors (Lipinski definition) is 2. The van der Waals surface area contributed by atoms with Crippen LogP contribution in [0.4, 0.5) is 4.79 Å². The third-order valence-corrected chi connectivity index (χ3v) is 3.33. The lowest BCUT2D eigenvalue weighted by Gasteiger charge is -2.26. The SMILES string of the molecule is C=CCOC(=O)NC1CCCc2ccc(C(=O)O)cc21. The van der Waals surface area contributed by atoms with Crippen molar-refractivity contribution in [2.75, 3.05) is 6.61 Å². The van der Waals surface area contributed by atoms with E-state index in [9.17, 15) is 9.59 Å². The number of nitrogens with one attached hydrogen (secondary N) is 1. The monoisotopic (exact) mass is 275 g/mol. The third kappa shape index (κ3) is 3.17. The van der Waals surface area contributed by atoms with Gasteiger partial charge >= 0.3 is 12.1 Å². The topological polar surface area (TPSA) is 75.6 Å². The number of benzene rings is 1. The molecule has 0 aromatic heterocycles. The van der Waals surface area contributed by atoms with E-state index in [0.717, 1.165) is 30.4 Å². The summed E-state index contributed by atoms with van der Waals surface area (Å²) in [6, 6.07) is 4.85. The average molecular weight is 275 g/mol. The number of carboxylic acid groups (broad SMARTS) is 1. The summed E-state index contributed by atoms with van der Waals surface area (Å²) in [6.45, 7) is 3.63. The second-order valence-electron chi connectivity index (χ2n) is 4.70. The molecule has 1 aliphatic rings. The van der Waals surface area contributed by atoms with Gasteiger partial charge in [0.05, 0.1) is 11.6 Å². The fourth-order valence-electron chi connectivity index (χ4n) is 2.40. The Bertz CT molecular complexity index is 539. The maximum absolute atomic E-state index is 11.6. The zero-order valence-corrected chi connectivity index (χ0v) is 11.1. The van der Waals surface area contributed by atoms with Crippen molar-refractivity contribution in [3.8, 4) is 0 Å². The van der Waals surface area contributed by atoms with Crippen molar-refractivity contribution in [3.63, 3.8) is 0 Å². The number of ether oxygens (including phenoxy) is 1. The predicted molar refractivity (Wildman–Crippen MR) is 73.8 cm³/mol. The summed E-state index contributed by atoms with van der Waals surface area (Å²) in [4.78, 5) is 22.6. The van der Waals surface area contributed by atoms with E-state index in [1.807, 2.05) is 6.07 Å². The zero-order chi connectivity index (χ0) is 14.5. The van der Waals surface area contributed by atoms with Crippen molar-refractivity contribution in [1.82, 2.24) is 5.32 Å². The number of carboxylic acids is 1. The minimum atomic E-state index is -0.966. The van der Waals surface area contributed by atoms with Crippen LogP contribution < -0.4 is 5.32 Å². The van der Waals surface area contributed by atoms with Crippen LogP contribution in [-0.2, 0) is 11.2 Å². The summed E-state index contributed by atoms with van der Waals surface area (Å²) in [6.07, 6.45) is 3.61. The number of aryl methyl sites for hydroxylation is 1. The molecule has 0 bridgehead atoms. The molecule has 1 unspecified atom stereocenters. The van der Waals surface area contributed by atoms with E-state index >= 15 is 0 Å². The van der Waals surface area contributed by atoms with Crippen LogP contribution in [0.5, 0.6) is 0 Å². The lowest BCUT2D eigenvalue weighted by atomic mass is 9.86. The molecule has 5 heteroatoms. The largest absolute Gasteiger partial charge is 0.478 e. The Morgan fingerprint density at radius 3 is 3.00 bits per heavy atom. The Morgan fingerprint density at radius 1 is 1.50 bits per heavy atom. The van der Waals surface area contributed by atoms with Gasteiger partial charge in [-0.05, 0) is 42.5 Å². The molecule has 0 spiro atoms. The molecule has 106 valence electrons. The Balaban J connectivity index is 2.17. The van der Waals surface area contributed by atoms with Gasteiger partial charge in [0.2, 0.25) is 0 Å². The molecule has 0 fully saturated rings. The Morgan fingerprint density at radius 2 is 2.30 bits per heavy atom. The molecule has 1 aromatic carbocycles. The lowest BCUT2D eigenvalue weighted by molar-refractivity contribution is 0.0696. The molecule has 1 amide bonds. The summed E-state index contributed by atoms with van der Waals surface area (Å²) in [7, 11) is 0. The molecule has 0 saturated carbocycles. The highest BCUT2D eigenvalue weighted by molar-refractivity contribution is 5.88. The second kappa shape index (κ2) is 6.23. The Labute approximate surface area is 117 Å². The second-order valence-corrected chi connectivity index (χ2v) is 4.70. The van der Waals surface area contributed by atoms with Crippen molar-refractivity contribution in [2.45, 2.75) is 25.3 Å². The lowest BCUT2D eigenvalue weighted by Crippen LogP contribution is -2.31. The van der Waals surface area contributed by atoms with Crippen LogP contribution in [0.15, 0.2) is 30.9 Å². The van der Waals surface area contributed by atoms with Crippen molar-refractivity contribution in [2.24, 2.45) is 0 Å². The van der Waals surface area contributed by atoms with Gasteiger partial charge in [0.15, 0.2) is 0 Å². The minimum absolute atomic E-state index is 0.153. The van der Waals surface area contributed by atoms with Gasteiger partial charge in [-0.15, -0.1) is 0 Å². The molecule has 1 aromatic rings. The van der Waals surface area contributed by atoms with Crippen LogP contribution in [-0.4, -0.2) is 23.8 Å². The highest BCUT2D eigenvalue weighted by Gasteiger charge is 2.23. The van der Waals surface area contributed by atoms with Gasteiger partial charge < -0.3 is 15.2 Å². The van der Waals surface area contributed by atoms with Crippen molar-refractivity contribution in [1.29, 1.82) is 0 Å². The highest BCUT2D eigenvalue weighted by atomic mass is 16.5. The Hall–Kier alpha value is -2.30. The van der Waals surface area contributed by atoms with E-state index in [2.05, 4.69) is 11.9 Å². The first-order valence-corrected chi connectivity index (χ1v) is 6.52. The van der Waals surface area contributed by atoms with Gasteiger partial charge in [0.25, 0.3) is 0 Å². The van der Waals surface area contributed by atoms with Gasteiger partial charge in [-0.25, -0.2) is 9.59 Å². The number of alkyl carbamates (subject to hydrolysis) is 1. The maximum Gasteiger partial charge on any atom is 0.407 e. The highest BCUT2D eigenvalue weighted by Crippen LogP contribution is 2.30. The Kier molecular flexibility index (Phi) is 4.40. The zero-order valence-electron chi connectivity index (χ0n) is 11.1. The fraction of sp³-hybridized carbons (Fsp3) is 0.333. The van der Waals surface area contributed by atoms with Crippen LogP contribution in [0.3, 0.4) is 0 Å². The summed E-state index contributed by atoms with van der Waals surface area (Å²) in [5.41, 5.74) is 2.18. The van der Waals surface area contributed by atoms with Crippen LogP contribution >= 0.6 is 0 Å². The van der Waals surface area contributed by atoms with Crippen LogP contribution in [0.1, 0.15) is 40.4 Å². The van der Waals surface area contributed by atoms with E-state index < -0.39 is 12.1 Å². The number of carbonyl (C=O) groups is 2. The minimum Gasteiger partial charge on any atom is -0.478 e. The van der Waals surface area contributed by atoms with Crippen LogP contribution in [0, 0.1) is 0 Å².